The van der Waals surface area contributed by atoms with Crippen LogP contribution in [0.1, 0.15) is 43.6 Å². The summed E-state index contributed by atoms with van der Waals surface area (Å²) >= 11 is 0. The summed E-state index contributed by atoms with van der Waals surface area (Å²) in [7, 11) is 0. The molecule has 0 amide bonds. The average Bonchev–Trinajstić information content (AvgIpc) is 3.13. The normalized spacial score (nSPS) is 14.8. The van der Waals surface area contributed by atoms with Gasteiger partial charge in [0.2, 0.25) is 0 Å². The van der Waals surface area contributed by atoms with Crippen LogP contribution in [0.25, 0.3) is 33.4 Å². The van der Waals surface area contributed by atoms with Crippen LogP contribution >= 0.6 is 0 Å². The first-order chi connectivity index (χ1) is 15.4. The maximum Gasteiger partial charge on any atom is 0.327 e. The van der Waals surface area contributed by atoms with Crippen molar-refractivity contribution in [1.82, 2.24) is 24.9 Å². The number of nitrogen functional groups attached to an aromatic ring is 1. The quantitative estimate of drug-likeness (QED) is 0.288. The lowest BCUT2D eigenvalue weighted by Gasteiger charge is -2.22. The van der Waals surface area contributed by atoms with Gasteiger partial charge in [-0.1, -0.05) is 43.5 Å². The number of H-pyrrole nitrogens is 5. The van der Waals surface area contributed by atoms with Crippen molar-refractivity contribution in [3.05, 3.63) is 71.5 Å². The van der Waals surface area contributed by atoms with Gasteiger partial charge in [0.15, 0.2) is 0 Å². The van der Waals surface area contributed by atoms with E-state index in [1.165, 1.54) is 24.8 Å². The number of benzene rings is 1. The molecule has 1 fully saturated rings. The van der Waals surface area contributed by atoms with E-state index in [1.807, 2.05) is 24.3 Å². The Morgan fingerprint density at radius 2 is 1.38 bits per heavy atom. The van der Waals surface area contributed by atoms with Crippen molar-refractivity contribution in [3.8, 4) is 22.4 Å². The molecule has 0 spiro atoms. The number of aromatic nitrogens is 5. The second-order valence-electron chi connectivity index (χ2n) is 8.19. The van der Waals surface area contributed by atoms with Crippen molar-refractivity contribution in [2.75, 3.05) is 5.73 Å². The number of anilines is 1. The molecule has 0 aliphatic heterocycles. The number of aromatic amines is 5. The Kier molecular flexibility index (Phi) is 4.69. The first-order valence-electron chi connectivity index (χ1n) is 10.5. The molecule has 1 saturated carbocycles. The molecule has 1 aliphatic carbocycles. The minimum Gasteiger partial charge on any atom is -0.384 e. The Balaban J connectivity index is 1.75. The summed E-state index contributed by atoms with van der Waals surface area (Å²) in [5.74, 6) is 0.349. The highest BCUT2D eigenvalue weighted by Gasteiger charge is 2.24. The van der Waals surface area contributed by atoms with Gasteiger partial charge in [0.05, 0.1) is 16.6 Å². The van der Waals surface area contributed by atoms with Crippen LogP contribution in [0.2, 0.25) is 0 Å². The van der Waals surface area contributed by atoms with E-state index in [0.29, 0.717) is 17.2 Å². The number of hydrogen-bond donors (Lipinski definition) is 6. The molecule has 10 nitrogen and oxygen atoms in total. The number of nitrogens with two attached hydrogens (primary N) is 1. The summed E-state index contributed by atoms with van der Waals surface area (Å²) < 4.78 is 0. The van der Waals surface area contributed by atoms with Crippen LogP contribution in [0.15, 0.2) is 43.4 Å². The largest absolute Gasteiger partial charge is 0.384 e. The summed E-state index contributed by atoms with van der Waals surface area (Å²) in [6, 6.07) is 7.93. The molecular formula is C22H22N6O4. The van der Waals surface area contributed by atoms with E-state index in [4.69, 9.17) is 5.73 Å². The van der Waals surface area contributed by atoms with E-state index >= 15 is 0 Å². The van der Waals surface area contributed by atoms with Crippen molar-refractivity contribution in [3.63, 3.8) is 0 Å². The van der Waals surface area contributed by atoms with Gasteiger partial charge in [-0.25, -0.2) is 9.59 Å². The van der Waals surface area contributed by atoms with E-state index in [9.17, 15) is 19.2 Å². The smallest absolute Gasteiger partial charge is 0.327 e. The molecule has 0 atom stereocenters. The number of nitrogens with one attached hydrogen (secondary N) is 5. The topological polar surface area (TPSA) is 173 Å². The van der Waals surface area contributed by atoms with Crippen molar-refractivity contribution in [1.29, 1.82) is 0 Å². The van der Waals surface area contributed by atoms with E-state index in [2.05, 4.69) is 24.9 Å². The van der Waals surface area contributed by atoms with Crippen molar-refractivity contribution in [2.24, 2.45) is 0 Å². The molecule has 1 aromatic carbocycles. The Morgan fingerprint density at radius 1 is 0.719 bits per heavy atom. The lowest BCUT2D eigenvalue weighted by Crippen LogP contribution is -2.26. The predicted molar refractivity (Wildman–Crippen MR) is 122 cm³/mol. The second-order valence-corrected chi connectivity index (χ2v) is 8.19. The number of hydrogen-bond acceptors (Lipinski definition) is 5. The lowest BCUT2D eigenvalue weighted by atomic mass is 9.84. The summed E-state index contributed by atoms with van der Waals surface area (Å²) in [6.45, 7) is 0. The molecule has 164 valence electrons. The Labute approximate surface area is 179 Å². The molecule has 0 radical (unpaired) electrons. The highest BCUT2D eigenvalue weighted by atomic mass is 16.2. The summed E-state index contributed by atoms with van der Waals surface area (Å²) in [4.78, 5) is 61.1. The molecule has 0 unspecified atom stereocenters. The van der Waals surface area contributed by atoms with Crippen LogP contribution < -0.4 is 28.2 Å². The van der Waals surface area contributed by atoms with Crippen molar-refractivity contribution in [2.45, 2.75) is 38.0 Å². The molecule has 10 heteroatoms. The third kappa shape index (κ3) is 3.29. The highest BCUT2D eigenvalue weighted by Crippen LogP contribution is 2.38. The Morgan fingerprint density at radius 3 is 2.06 bits per heavy atom. The van der Waals surface area contributed by atoms with E-state index in [1.54, 1.807) is 0 Å². The maximum absolute atomic E-state index is 12.7. The van der Waals surface area contributed by atoms with Crippen LogP contribution in [0, 0.1) is 0 Å². The van der Waals surface area contributed by atoms with E-state index in [-0.39, 0.29) is 28.0 Å². The van der Waals surface area contributed by atoms with Gasteiger partial charge in [0.1, 0.15) is 11.5 Å². The van der Waals surface area contributed by atoms with Crippen LogP contribution in [0.5, 0.6) is 0 Å². The van der Waals surface area contributed by atoms with Gasteiger partial charge in [0.25, 0.3) is 11.1 Å². The molecule has 4 aromatic rings. The van der Waals surface area contributed by atoms with Gasteiger partial charge in [-0.2, -0.15) is 0 Å². The Hall–Kier alpha value is -4.08. The third-order valence-corrected chi connectivity index (χ3v) is 6.19. The summed E-state index contributed by atoms with van der Waals surface area (Å²) in [5, 5.41) is 0.0696. The molecule has 32 heavy (non-hydrogen) atoms. The standard InChI is InChI=1S/C22H22N6O4/c23-17-14(19(29)27-21(31)25-17)13-15-18(26-22(32)28-20(15)30)24-16(13)12-8-6-11(7-9-12)10-4-2-1-3-5-10/h6-10H,1-5H2,(H4,23,25,27,29,31)(H3,24,26,28,30,32). The molecular weight excluding hydrogens is 412 g/mol. The predicted octanol–water partition coefficient (Wildman–Crippen LogP) is 1.88. The monoisotopic (exact) mass is 434 g/mol. The van der Waals surface area contributed by atoms with Gasteiger partial charge < -0.3 is 10.7 Å². The minimum atomic E-state index is -0.753. The molecule has 0 saturated heterocycles. The van der Waals surface area contributed by atoms with Crippen molar-refractivity contribution >= 4 is 16.9 Å². The molecule has 5 rings (SSSR count). The first kappa shape index (κ1) is 19.9. The molecule has 3 aromatic heterocycles. The zero-order valence-electron chi connectivity index (χ0n) is 17.1. The van der Waals surface area contributed by atoms with Crippen LogP contribution in [0.4, 0.5) is 5.82 Å². The van der Waals surface area contributed by atoms with Crippen molar-refractivity contribution < 1.29 is 0 Å². The van der Waals surface area contributed by atoms with Crippen LogP contribution in [-0.4, -0.2) is 24.9 Å². The van der Waals surface area contributed by atoms with Crippen LogP contribution in [0.3, 0.4) is 0 Å². The third-order valence-electron chi connectivity index (χ3n) is 6.19. The average molecular weight is 434 g/mol. The van der Waals surface area contributed by atoms with E-state index in [0.717, 1.165) is 12.8 Å². The fourth-order valence-corrected chi connectivity index (χ4v) is 4.71. The Bertz CT molecular complexity index is 1550. The molecule has 7 N–H and O–H groups in total. The zero-order chi connectivity index (χ0) is 22.4. The van der Waals surface area contributed by atoms with Crippen LogP contribution in [-0.2, 0) is 0 Å². The van der Waals surface area contributed by atoms with Gasteiger partial charge in [-0.05, 0) is 29.9 Å². The SMILES string of the molecule is Nc1[nH]c(=O)[nH]c(=O)c1-c1c(-c2ccc(C3CCCCC3)cc2)[nH]c2[nH]c(=O)[nH]c(=O)c12. The fraction of sp³-hybridized carbons (Fsp3) is 0.273. The van der Waals surface area contributed by atoms with Gasteiger partial charge in [-0.15, -0.1) is 0 Å². The molecule has 3 heterocycles. The summed E-state index contributed by atoms with van der Waals surface area (Å²) in [6.07, 6.45) is 6.05. The van der Waals surface area contributed by atoms with Gasteiger partial charge in [0, 0.05) is 5.56 Å². The number of rotatable bonds is 3. The lowest BCUT2D eigenvalue weighted by molar-refractivity contribution is 0.443. The second kappa shape index (κ2) is 7.56. The minimum absolute atomic E-state index is 0.0558. The maximum atomic E-state index is 12.7. The van der Waals surface area contributed by atoms with Gasteiger partial charge >= 0.3 is 11.4 Å². The first-order valence-corrected chi connectivity index (χ1v) is 10.5. The highest BCUT2D eigenvalue weighted by molar-refractivity contribution is 6.03. The fourth-order valence-electron chi connectivity index (χ4n) is 4.71. The molecule has 0 bridgehead atoms. The summed E-state index contributed by atoms with van der Waals surface area (Å²) in [5.41, 5.74) is 5.83. The number of fused-ring (bicyclic) bond motifs is 1. The zero-order valence-corrected chi connectivity index (χ0v) is 17.1. The van der Waals surface area contributed by atoms with Gasteiger partial charge in [-0.3, -0.25) is 29.5 Å². The van der Waals surface area contributed by atoms with E-state index < -0.39 is 22.5 Å². The molecule has 1 aliphatic rings.